The van der Waals surface area contributed by atoms with Crippen LogP contribution in [0.25, 0.3) is 0 Å². The number of carbonyl (C=O) groups is 2. The van der Waals surface area contributed by atoms with Crippen LogP contribution in [0.4, 0.5) is 0 Å². The van der Waals surface area contributed by atoms with Gasteiger partial charge in [0.15, 0.2) is 0 Å². The van der Waals surface area contributed by atoms with Crippen LogP contribution in [-0.4, -0.2) is 48.2 Å². The SMILES string of the molecule is C[C@@H]1[C@H]2C[C@@H](C[C@H]1[N+]13CC(=O)O[B-]1([C@@H]1O[C@@]1(C)c1ccccc1)OC(=O)C3)C2(C)C.[HH]. The van der Waals surface area contributed by atoms with Crippen molar-refractivity contribution in [1.29, 1.82) is 0 Å². The third kappa shape index (κ3) is 2.03. The van der Waals surface area contributed by atoms with E-state index in [9.17, 15) is 9.59 Å². The highest BCUT2D eigenvalue weighted by atomic mass is 16.7. The smallest absolute Gasteiger partial charge is 0.598 e. The molecule has 0 unspecified atom stereocenters. The van der Waals surface area contributed by atoms with Gasteiger partial charge in [-0.1, -0.05) is 51.1 Å². The van der Waals surface area contributed by atoms with Crippen molar-refractivity contribution >= 4 is 18.6 Å². The van der Waals surface area contributed by atoms with E-state index in [0.717, 1.165) is 12.0 Å². The zero-order valence-corrected chi connectivity index (χ0v) is 18.2. The van der Waals surface area contributed by atoms with Crippen molar-refractivity contribution in [2.45, 2.75) is 58.2 Å². The van der Waals surface area contributed by atoms with E-state index in [1.54, 1.807) is 0 Å². The molecule has 1 aromatic carbocycles. The van der Waals surface area contributed by atoms with Crippen molar-refractivity contribution < 1.29 is 29.5 Å². The Morgan fingerprint density at radius 2 is 1.67 bits per heavy atom. The Hall–Kier alpha value is -1.86. The van der Waals surface area contributed by atoms with Gasteiger partial charge in [-0.3, -0.25) is 9.59 Å². The van der Waals surface area contributed by atoms with E-state index >= 15 is 0 Å². The Bertz CT molecular complexity index is 935. The fourth-order valence-electron chi connectivity index (χ4n) is 7.89. The lowest BCUT2D eigenvalue weighted by molar-refractivity contribution is -0.852. The molecule has 3 heterocycles. The Labute approximate surface area is 178 Å². The van der Waals surface area contributed by atoms with Crippen LogP contribution in [0.5, 0.6) is 0 Å². The summed E-state index contributed by atoms with van der Waals surface area (Å²) in [5.41, 5.74) is 0.740. The molecule has 6 atom stereocenters. The van der Waals surface area contributed by atoms with Gasteiger partial charge < -0.3 is 18.4 Å². The highest BCUT2D eigenvalue weighted by molar-refractivity contribution is 6.68. The van der Waals surface area contributed by atoms with Crippen molar-refractivity contribution in [3.05, 3.63) is 35.9 Å². The monoisotopic (exact) mass is 413 g/mol. The molecule has 3 aliphatic heterocycles. The topological polar surface area (TPSA) is 65.1 Å². The largest absolute Gasteiger partial charge is 0.615 e. The lowest BCUT2D eigenvalue weighted by Crippen LogP contribution is -2.75. The van der Waals surface area contributed by atoms with E-state index in [2.05, 4.69) is 20.8 Å². The minimum absolute atomic E-state index is 0. The number of benzene rings is 1. The van der Waals surface area contributed by atoms with Gasteiger partial charge in [0.25, 0.3) is 0 Å². The normalized spacial score (nSPS) is 50.3. The number of fused-ring (bicyclic) bond motifs is 4. The van der Waals surface area contributed by atoms with E-state index in [1.807, 2.05) is 37.3 Å². The first-order valence-corrected chi connectivity index (χ1v) is 11.3. The minimum Gasteiger partial charge on any atom is -0.598 e. The number of ether oxygens (including phenoxy) is 1. The second-order valence-corrected chi connectivity index (χ2v) is 11.2. The van der Waals surface area contributed by atoms with Crippen LogP contribution < -0.4 is 0 Å². The fraction of sp³-hybridized carbons (Fsp3) is 0.652. The lowest BCUT2D eigenvalue weighted by atomic mass is 9.43. The minimum atomic E-state index is -2.25. The van der Waals surface area contributed by atoms with E-state index in [1.165, 1.54) is 6.42 Å². The van der Waals surface area contributed by atoms with Crippen LogP contribution in [0.15, 0.2) is 30.3 Å². The summed E-state index contributed by atoms with van der Waals surface area (Å²) >= 11 is 0. The molecule has 3 saturated carbocycles. The summed E-state index contributed by atoms with van der Waals surface area (Å²) < 4.78 is 18.6. The molecule has 3 aliphatic carbocycles. The van der Waals surface area contributed by atoms with Crippen LogP contribution in [0.3, 0.4) is 0 Å². The molecule has 7 heteroatoms. The van der Waals surface area contributed by atoms with Crippen LogP contribution >= 0.6 is 0 Å². The van der Waals surface area contributed by atoms with E-state index in [4.69, 9.17) is 14.0 Å². The van der Waals surface area contributed by atoms with Gasteiger partial charge >= 0.3 is 18.6 Å². The summed E-state index contributed by atoms with van der Waals surface area (Å²) in [6, 6.07) is 9.72. The summed E-state index contributed by atoms with van der Waals surface area (Å²) in [6.07, 6.45) is 2.26. The first-order chi connectivity index (χ1) is 14.1. The second kappa shape index (κ2) is 5.49. The maximum Gasteiger partial charge on any atom is 0.615 e. The Morgan fingerprint density at radius 3 is 2.23 bits per heavy atom. The lowest BCUT2D eigenvalue weighted by Gasteiger charge is -2.66. The molecule has 0 radical (unpaired) electrons. The summed E-state index contributed by atoms with van der Waals surface area (Å²) in [5, 5.41) is 0. The second-order valence-electron chi connectivity index (χ2n) is 11.2. The summed E-state index contributed by atoms with van der Waals surface area (Å²) in [7, 11) is 0. The molecular weight excluding hydrogens is 381 g/mol. The third-order valence-electron chi connectivity index (χ3n) is 9.73. The Balaban J connectivity index is 0.00000204. The van der Waals surface area contributed by atoms with Crippen LogP contribution in [-0.2, 0) is 29.2 Å². The predicted molar refractivity (Wildman–Crippen MR) is 112 cm³/mol. The molecular formula is C23H32BNO5. The van der Waals surface area contributed by atoms with Crippen LogP contribution in [0.1, 0.15) is 47.5 Å². The molecule has 162 valence electrons. The molecule has 7 rings (SSSR count). The zero-order chi connectivity index (χ0) is 21.1. The molecule has 2 bridgehead atoms. The average molecular weight is 413 g/mol. The number of hydrogen-bond acceptors (Lipinski definition) is 5. The van der Waals surface area contributed by atoms with Crippen molar-refractivity contribution in [1.82, 2.24) is 0 Å². The molecule has 0 N–H and O–H groups in total. The quantitative estimate of drug-likeness (QED) is 0.563. The summed E-state index contributed by atoms with van der Waals surface area (Å²) in [5.74, 6) is 1.10. The summed E-state index contributed by atoms with van der Waals surface area (Å²) in [4.78, 5) is 25.5. The highest BCUT2D eigenvalue weighted by Gasteiger charge is 2.83. The number of carbonyl (C=O) groups excluding carboxylic acids is 2. The van der Waals surface area contributed by atoms with Gasteiger partial charge in [-0.25, -0.2) is 0 Å². The average Bonchev–Trinajstić information content (AvgIpc) is 3.22. The van der Waals surface area contributed by atoms with Crippen LogP contribution in [0, 0.1) is 23.2 Å². The van der Waals surface area contributed by atoms with Gasteiger partial charge in [0.2, 0.25) is 0 Å². The molecule has 1 aromatic rings. The first-order valence-electron chi connectivity index (χ1n) is 11.3. The molecule has 6 aliphatic rings. The highest BCUT2D eigenvalue weighted by Crippen LogP contribution is 2.65. The molecule has 0 amide bonds. The van der Waals surface area contributed by atoms with Crippen molar-refractivity contribution in [2.75, 3.05) is 13.1 Å². The number of nitrogens with zero attached hydrogens (tertiary/aromatic N) is 1. The van der Waals surface area contributed by atoms with Gasteiger partial charge in [0, 0.05) is 7.34 Å². The number of hydrogen-bond donors (Lipinski definition) is 0. The fourth-order valence-corrected chi connectivity index (χ4v) is 7.89. The maximum absolute atomic E-state index is 12.8. The van der Waals surface area contributed by atoms with Gasteiger partial charge in [-0.15, -0.1) is 0 Å². The van der Waals surface area contributed by atoms with Gasteiger partial charge in [0.05, 0.1) is 11.6 Å². The van der Waals surface area contributed by atoms with Crippen molar-refractivity contribution in [2.24, 2.45) is 23.2 Å². The van der Waals surface area contributed by atoms with Crippen molar-refractivity contribution in [3.63, 3.8) is 0 Å². The van der Waals surface area contributed by atoms with Gasteiger partial charge in [-0.2, -0.15) is 0 Å². The predicted octanol–water partition coefficient (Wildman–Crippen LogP) is 3.03. The molecule has 0 aromatic heterocycles. The number of epoxide rings is 1. The molecule has 6 nitrogen and oxygen atoms in total. The van der Waals surface area contributed by atoms with Crippen LogP contribution in [0.2, 0.25) is 0 Å². The number of quaternary nitrogens is 1. The Kier molecular flexibility index (Phi) is 3.45. The van der Waals surface area contributed by atoms with Gasteiger partial charge in [0.1, 0.15) is 19.1 Å². The van der Waals surface area contributed by atoms with E-state index in [-0.39, 0.29) is 32.5 Å². The first kappa shape index (κ1) is 18.9. The molecule has 0 spiro atoms. The number of rotatable bonds is 3. The summed E-state index contributed by atoms with van der Waals surface area (Å²) in [6.45, 7) is 7.22. The molecule has 30 heavy (non-hydrogen) atoms. The third-order valence-corrected chi connectivity index (χ3v) is 9.73. The molecule has 3 saturated heterocycles. The standard InChI is InChI=1S/C23H30BNO5.H2/c1-14-17-10-16(22(17,2)3)11-18(14)25-12-19(26)29-24(25,30-20(27)13-25)21-23(4,28-21)15-8-6-5-7-9-15;/h5-9,14,16-18,21H,10-13H2,1-4H3;1H/t14-,16+,17-,18-,21-,23+,24?,25?;/m1./s1. The maximum atomic E-state index is 12.8. The molecule has 6 fully saturated rings. The van der Waals surface area contributed by atoms with Gasteiger partial charge in [-0.05, 0) is 42.6 Å². The Morgan fingerprint density at radius 1 is 1.03 bits per heavy atom. The van der Waals surface area contributed by atoms with Crippen molar-refractivity contribution in [3.8, 4) is 0 Å². The van der Waals surface area contributed by atoms with E-state index < -0.39 is 18.3 Å². The zero-order valence-electron chi connectivity index (χ0n) is 18.2. The van der Waals surface area contributed by atoms with E-state index in [0.29, 0.717) is 27.6 Å².